The number of rotatable bonds is 4. The standard InChI is InChI=1S/C13H15N3O3S2/c1-21(18,19)10-4-2-3-9-12(10)15-13(20)16(9)7-11(17)14-8-5-6-8/h2-4,8H,5-7H2,1H3,(H,14,17)(H,15,20). The van der Waals surface area contributed by atoms with Gasteiger partial charge in [-0.25, -0.2) is 8.42 Å². The Kier molecular flexibility index (Phi) is 3.37. The number of imidazole rings is 1. The zero-order valence-corrected chi connectivity index (χ0v) is 13.1. The first-order valence-corrected chi connectivity index (χ1v) is 8.87. The molecule has 0 spiro atoms. The summed E-state index contributed by atoms with van der Waals surface area (Å²) in [4.78, 5) is 15.0. The van der Waals surface area contributed by atoms with Crippen LogP contribution in [-0.2, 0) is 21.2 Å². The van der Waals surface area contributed by atoms with Gasteiger partial charge in [0.2, 0.25) is 5.91 Å². The lowest BCUT2D eigenvalue weighted by atomic mass is 10.3. The number of carbonyl (C=O) groups is 1. The molecule has 1 heterocycles. The zero-order chi connectivity index (χ0) is 15.2. The predicted octanol–water partition coefficient (Wildman–Crippen LogP) is 1.38. The van der Waals surface area contributed by atoms with Crippen molar-refractivity contribution in [2.45, 2.75) is 30.3 Å². The molecule has 21 heavy (non-hydrogen) atoms. The van der Waals surface area contributed by atoms with E-state index in [4.69, 9.17) is 12.2 Å². The number of nitrogens with zero attached hydrogens (tertiary/aromatic N) is 1. The van der Waals surface area contributed by atoms with Gasteiger partial charge in [0.1, 0.15) is 6.54 Å². The second kappa shape index (κ2) is 4.96. The van der Waals surface area contributed by atoms with E-state index in [0.29, 0.717) is 15.8 Å². The van der Waals surface area contributed by atoms with Crippen LogP contribution in [-0.4, -0.2) is 36.2 Å². The lowest BCUT2D eigenvalue weighted by molar-refractivity contribution is -0.121. The molecule has 112 valence electrons. The maximum atomic E-state index is 11.9. The Labute approximate surface area is 127 Å². The highest BCUT2D eigenvalue weighted by Crippen LogP contribution is 2.23. The number of fused-ring (bicyclic) bond motifs is 1. The minimum atomic E-state index is -3.36. The van der Waals surface area contributed by atoms with E-state index in [1.165, 1.54) is 6.07 Å². The highest BCUT2D eigenvalue weighted by Gasteiger charge is 2.24. The third-order valence-electron chi connectivity index (χ3n) is 3.42. The molecule has 0 bridgehead atoms. The van der Waals surface area contributed by atoms with Gasteiger partial charge in [-0.05, 0) is 37.2 Å². The van der Waals surface area contributed by atoms with Crippen molar-refractivity contribution < 1.29 is 13.2 Å². The molecule has 1 aromatic heterocycles. The van der Waals surface area contributed by atoms with E-state index < -0.39 is 9.84 Å². The molecule has 1 aliphatic rings. The fraction of sp³-hybridized carbons (Fsp3) is 0.385. The molecule has 0 unspecified atom stereocenters. The van der Waals surface area contributed by atoms with Crippen LogP contribution in [0.4, 0.5) is 0 Å². The van der Waals surface area contributed by atoms with Gasteiger partial charge in [0.25, 0.3) is 0 Å². The van der Waals surface area contributed by atoms with Crippen molar-refractivity contribution in [3.63, 3.8) is 0 Å². The Bertz CT molecular complexity index is 876. The van der Waals surface area contributed by atoms with Gasteiger partial charge in [0, 0.05) is 12.3 Å². The molecule has 1 fully saturated rings. The van der Waals surface area contributed by atoms with Crippen molar-refractivity contribution >= 4 is 39.0 Å². The SMILES string of the molecule is CS(=O)(=O)c1cccc2c1[nH]c(=S)n2CC(=O)NC1CC1. The van der Waals surface area contributed by atoms with Crippen LogP contribution in [0.1, 0.15) is 12.8 Å². The number of amides is 1. The molecule has 0 aliphatic heterocycles. The molecular formula is C13H15N3O3S2. The van der Waals surface area contributed by atoms with Gasteiger partial charge in [-0.1, -0.05) is 6.07 Å². The Morgan fingerprint density at radius 1 is 1.48 bits per heavy atom. The third-order valence-corrected chi connectivity index (χ3v) is 4.88. The van der Waals surface area contributed by atoms with Crippen LogP contribution in [0.5, 0.6) is 0 Å². The summed E-state index contributed by atoms with van der Waals surface area (Å²) in [6.45, 7) is 0.0859. The zero-order valence-electron chi connectivity index (χ0n) is 11.4. The van der Waals surface area contributed by atoms with Gasteiger partial charge in [-0.2, -0.15) is 0 Å². The van der Waals surface area contributed by atoms with Crippen molar-refractivity contribution in [3.05, 3.63) is 23.0 Å². The summed E-state index contributed by atoms with van der Waals surface area (Å²) in [5.41, 5.74) is 1.07. The molecule has 0 saturated heterocycles. The Hall–Kier alpha value is -1.67. The second-order valence-corrected chi connectivity index (χ2v) is 7.65. The lowest BCUT2D eigenvalue weighted by Crippen LogP contribution is -2.29. The van der Waals surface area contributed by atoms with Crippen molar-refractivity contribution in [1.82, 2.24) is 14.9 Å². The van der Waals surface area contributed by atoms with Crippen LogP contribution >= 0.6 is 12.2 Å². The highest BCUT2D eigenvalue weighted by atomic mass is 32.2. The highest BCUT2D eigenvalue weighted by molar-refractivity contribution is 7.91. The summed E-state index contributed by atoms with van der Waals surface area (Å²) in [6, 6.07) is 5.21. The molecule has 1 saturated carbocycles. The number of carbonyl (C=O) groups excluding carboxylic acids is 1. The van der Waals surface area contributed by atoms with Gasteiger partial charge in [-0.3, -0.25) is 4.79 Å². The number of H-pyrrole nitrogens is 1. The van der Waals surface area contributed by atoms with Crippen molar-refractivity contribution in [3.8, 4) is 0 Å². The fourth-order valence-electron chi connectivity index (χ4n) is 2.26. The molecule has 8 heteroatoms. The molecule has 0 atom stereocenters. The molecule has 1 aromatic carbocycles. The second-order valence-electron chi connectivity index (χ2n) is 5.28. The van der Waals surface area contributed by atoms with Gasteiger partial charge in [0.15, 0.2) is 14.6 Å². The van der Waals surface area contributed by atoms with E-state index >= 15 is 0 Å². The molecule has 6 nitrogen and oxygen atoms in total. The average molecular weight is 325 g/mol. The third kappa shape index (κ3) is 2.86. The van der Waals surface area contributed by atoms with E-state index in [2.05, 4.69) is 10.3 Å². The number of sulfone groups is 1. The first-order valence-electron chi connectivity index (χ1n) is 6.57. The largest absolute Gasteiger partial charge is 0.352 e. The maximum Gasteiger partial charge on any atom is 0.240 e. The molecule has 2 aromatic rings. The first kappa shape index (κ1) is 14.3. The van der Waals surface area contributed by atoms with Gasteiger partial charge in [-0.15, -0.1) is 0 Å². The number of hydrogen-bond donors (Lipinski definition) is 2. The van der Waals surface area contributed by atoms with E-state index in [1.54, 1.807) is 16.7 Å². The summed E-state index contributed by atoms with van der Waals surface area (Å²) in [5, 5.41) is 2.89. The minimum absolute atomic E-state index is 0.0859. The van der Waals surface area contributed by atoms with E-state index in [1.807, 2.05) is 0 Å². The minimum Gasteiger partial charge on any atom is -0.352 e. The number of para-hydroxylation sites is 1. The molecule has 2 N–H and O–H groups in total. The van der Waals surface area contributed by atoms with Crippen LogP contribution in [0.2, 0.25) is 0 Å². The maximum absolute atomic E-state index is 11.9. The number of hydrogen-bond acceptors (Lipinski definition) is 4. The molecule has 1 aliphatic carbocycles. The van der Waals surface area contributed by atoms with Gasteiger partial charge >= 0.3 is 0 Å². The molecule has 0 radical (unpaired) electrons. The van der Waals surface area contributed by atoms with Crippen molar-refractivity contribution in [2.24, 2.45) is 0 Å². The van der Waals surface area contributed by atoms with Crippen molar-refractivity contribution in [1.29, 1.82) is 0 Å². The van der Waals surface area contributed by atoms with Crippen LogP contribution in [0.25, 0.3) is 11.0 Å². The van der Waals surface area contributed by atoms with Gasteiger partial charge in [0.05, 0.1) is 15.9 Å². The van der Waals surface area contributed by atoms with Crippen LogP contribution in [0.15, 0.2) is 23.1 Å². The first-order chi connectivity index (χ1) is 9.86. The molecule has 1 amide bonds. The van der Waals surface area contributed by atoms with Crippen LogP contribution in [0, 0.1) is 4.77 Å². The van der Waals surface area contributed by atoms with E-state index in [0.717, 1.165) is 19.1 Å². The van der Waals surface area contributed by atoms with Crippen LogP contribution in [0.3, 0.4) is 0 Å². The van der Waals surface area contributed by atoms with Crippen LogP contribution < -0.4 is 5.32 Å². The topological polar surface area (TPSA) is 84.0 Å². The normalized spacial score (nSPS) is 15.3. The number of aromatic amines is 1. The van der Waals surface area contributed by atoms with Crippen molar-refractivity contribution in [2.75, 3.05) is 6.26 Å². The summed E-state index contributed by atoms with van der Waals surface area (Å²) in [5.74, 6) is -0.112. The Balaban J connectivity index is 2.05. The monoisotopic (exact) mass is 325 g/mol. The number of aromatic nitrogens is 2. The Morgan fingerprint density at radius 2 is 2.19 bits per heavy atom. The van der Waals surface area contributed by atoms with E-state index in [9.17, 15) is 13.2 Å². The van der Waals surface area contributed by atoms with Gasteiger partial charge < -0.3 is 14.9 Å². The van der Waals surface area contributed by atoms with E-state index in [-0.39, 0.29) is 23.4 Å². The molecular weight excluding hydrogens is 310 g/mol. The summed E-state index contributed by atoms with van der Waals surface area (Å²) < 4.78 is 25.6. The fourth-order valence-corrected chi connectivity index (χ4v) is 3.38. The summed E-state index contributed by atoms with van der Waals surface area (Å²) >= 11 is 5.22. The summed E-state index contributed by atoms with van der Waals surface area (Å²) in [7, 11) is -3.36. The average Bonchev–Trinajstić information content (AvgIpc) is 3.13. The predicted molar refractivity (Wildman–Crippen MR) is 81.4 cm³/mol. The smallest absolute Gasteiger partial charge is 0.240 e. The quantitative estimate of drug-likeness (QED) is 0.832. The lowest BCUT2D eigenvalue weighted by Gasteiger charge is -2.06. The summed E-state index contributed by atoms with van der Waals surface area (Å²) in [6.07, 6.45) is 3.18. The number of nitrogens with one attached hydrogen (secondary N) is 2. The Morgan fingerprint density at radius 3 is 2.81 bits per heavy atom. The molecule has 3 rings (SSSR count). The number of benzene rings is 1.